The largest absolute Gasteiger partial charge is 0.475 e. The van der Waals surface area contributed by atoms with E-state index in [9.17, 15) is 14.0 Å². The first-order valence-electron chi connectivity index (χ1n) is 4.82. The molecule has 0 fully saturated rings. The Kier molecular flexibility index (Phi) is 1.13. The van der Waals surface area contributed by atoms with Crippen LogP contribution in [0, 0.1) is 5.82 Å². The number of carboxylic acid groups (broad SMARTS) is 1. The van der Waals surface area contributed by atoms with Gasteiger partial charge in [0.25, 0.3) is 5.78 Å². The van der Waals surface area contributed by atoms with Gasteiger partial charge in [0.2, 0.25) is 0 Å². The predicted molar refractivity (Wildman–Crippen MR) is 38.4 cm³/mol. The molecule has 1 aromatic carbocycles. The predicted octanol–water partition coefficient (Wildman–Crippen LogP) is 1.09. The summed E-state index contributed by atoms with van der Waals surface area (Å²) in [6, 6.07) is -4.12. The van der Waals surface area contributed by atoms with Gasteiger partial charge in [0.1, 0.15) is 5.82 Å². The number of hydrogen-bond donors (Lipinski definition) is 1. The molecule has 1 rings (SSSR count). The Morgan fingerprint density at radius 1 is 1.33 bits per heavy atom. The third-order valence-electron chi connectivity index (χ3n) is 1.02. The van der Waals surface area contributed by atoms with Crippen molar-refractivity contribution in [2.45, 2.75) is 0 Å². The molecule has 1 aromatic rings. The zero-order chi connectivity index (χ0) is 12.6. The molecule has 0 bridgehead atoms. The quantitative estimate of drug-likeness (QED) is 0.413. The van der Waals surface area contributed by atoms with Crippen LogP contribution in [0.4, 0.5) is 4.39 Å². The van der Waals surface area contributed by atoms with Gasteiger partial charge >= 0.3 is 5.97 Å². The second-order valence-electron chi connectivity index (χ2n) is 1.82. The van der Waals surface area contributed by atoms with Crippen LogP contribution < -0.4 is 0 Å². The minimum absolute atomic E-state index is 0.941. The molecule has 0 amide bonds. The molecule has 12 heavy (non-hydrogen) atoms. The monoisotopic (exact) mass is 173 g/mol. The Balaban J connectivity index is 3.64. The van der Waals surface area contributed by atoms with E-state index in [1.54, 1.807) is 0 Å². The number of carboxylic acids is 1. The molecule has 0 aromatic heterocycles. The van der Waals surface area contributed by atoms with Crippen LogP contribution in [0.15, 0.2) is 24.2 Å². The number of halogens is 1. The maximum Gasteiger partial charge on any atom is 0.377 e. The highest BCUT2D eigenvalue weighted by molar-refractivity contribution is 6.39. The highest BCUT2D eigenvalue weighted by atomic mass is 19.1. The number of Topliss-reactive ketones (excluding diaryl/α,β-unsaturated/α-hetero) is 1. The van der Waals surface area contributed by atoms with Crippen LogP contribution >= 0.6 is 0 Å². The Labute approximate surface area is 73.1 Å². The van der Waals surface area contributed by atoms with Crippen molar-refractivity contribution in [3.63, 3.8) is 0 Å². The molecule has 62 valence electrons. The summed E-state index contributed by atoms with van der Waals surface area (Å²) in [6.07, 6.45) is 0. The molecule has 0 spiro atoms. The van der Waals surface area contributed by atoms with Crippen LogP contribution in [0.5, 0.6) is 0 Å². The van der Waals surface area contributed by atoms with E-state index in [0.717, 1.165) is 0 Å². The van der Waals surface area contributed by atoms with Crippen molar-refractivity contribution in [2.75, 3.05) is 0 Å². The molecule has 0 aliphatic heterocycles. The number of carbonyl (C=O) groups excluding carboxylic acids is 1. The van der Waals surface area contributed by atoms with E-state index in [1.807, 2.05) is 0 Å². The van der Waals surface area contributed by atoms with Gasteiger partial charge in [0.05, 0.1) is 5.48 Å². The van der Waals surface area contributed by atoms with Crippen LogP contribution in [0.1, 0.15) is 15.8 Å². The molecular weight excluding hydrogens is 164 g/mol. The minimum Gasteiger partial charge on any atom is -0.475 e. The topological polar surface area (TPSA) is 54.4 Å². The van der Waals surface area contributed by atoms with Crippen LogP contribution in [0.3, 0.4) is 0 Å². The van der Waals surface area contributed by atoms with Gasteiger partial charge in [-0.3, -0.25) is 4.79 Å². The molecule has 0 aliphatic carbocycles. The number of benzene rings is 1. The van der Waals surface area contributed by atoms with E-state index in [2.05, 4.69) is 0 Å². The molecule has 0 aliphatic rings. The summed E-state index contributed by atoms with van der Waals surface area (Å²) in [7, 11) is 0. The third-order valence-corrected chi connectivity index (χ3v) is 1.02. The summed E-state index contributed by atoms with van der Waals surface area (Å²) in [5, 5.41) is 8.40. The molecular formula is C8H5FO3. The maximum atomic E-state index is 13.0. The second kappa shape index (κ2) is 3.13. The third kappa shape index (κ3) is 1.66. The summed E-state index contributed by atoms with van der Waals surface area (Å²) in [4.78, 5) is 21.5. The zero-order valence-corrected chi connectivity index (χ0v) is 5.64. The highest BCUT2D eigenvalue weighted by Gasteiger charge is 2.13. The number of aliphatic carboxylic acids is 1. The summed E-state index contributed by atoms with van der Waals surface area (Å²) in [5.41, 5.74) is -0.941. The Morgan fingerprint density at radius 3 is 2.25 bits per heavy atom. The lowest BCUT2D eigenvalue weighted by atomic mass is 10.3. The Hall–Kier alpha value is -1.71. The number of rotatable bonds is 2. The van der Waals surface area contributed by atoms with E-state index in [1.165, 1.54) is 0 Å². The lowest BCUT2D eigenvalue weighted by molar-refractivity contribution is -0.131. The fourth-order valence-electron chi connectivity index (χ4n) is 0.518. The lowest BCUT2D eigenvalue weighted by Crippen LogP contribution is -2.12. The van der Waals surface area contributed by atoms with Crippen molar-refractivity contribution in [3.05, 3.63) is 35.6 Å². The molecule has 0 unspecified atom stereocenters. The van der Waals surface area contributed by atoms with Crippen molar-refractivity contribution in [1.29, 1.82) is 0 Å². The van der Waals surface area contributed by atoms with Crippen molar-refractivity contribution in [3.8, 4) is 0 Å². The van der Waals surface area contributed by atoms with Crippen molar-refractivity contribution in [1.82, 2.24) is 0 Å². The van der Waals surface area contributed by atoms with Gasteiger partial charge in [-0.1, -0.05) is 0 Å². The average Bonchev–Trinajstić information content (AvgIpc) is 2.23. The smallest absolute Gasteiger partial charge is 0.377 e. The van der Waals surface area contributed by atoms with E-state index in [-0.39, 0.29) is 0 Å². The van der Waals surface area contributed by atoms with Gasteiger partial charge in [-0.15, -0.1) is 0 Å². The van der Waals surface area contributed by atoms with E-state index < -0.39 is 47.3 Å². The summed E-state index contributed by atoms with van der Waals surface area (Å²) in [5.74, 6) is -4.94. The summed E-state index contributed by atoms with van der Waals surface area (Å²) in [6.45, 7) is 0. The van der Waals surface area contributed by atoms with Crippen LogP contribution in [0.2, 0.25) is 0 Å². The molecule has 0 heterocycles. The SMILES string of the molecule is [2H]c1c([2H])c([13C](=O)C(=O)O)c([2H])c([2H])c1F. The normalized spacial score (nSPS) is 14.1. The van der Waals surface area contributed by atoms with Crippen LogP contribution in [-0.2, 0) is 4.79 Å². The van der Waals surface area contributed by atoms with Gasteiger partial charge in [-0.25, -0.2) is 9.18 Å². The van der Waals surface area contributed by atoms with E-state index in [0.29, 0.717) is 0 Å². The fourth-order valence-corrected chi connectivity index (χ4v) is 0.518. The zero-order valence-electron chi connectivity index (χ0n) is 9.64. The van der Waals surface area contributed by atoms with Crippen molar-refractivity contribution < 1.29 is 24.6 Å². The van der Waals surface area contributed by atoms with E-state index >= 15 is 0 Å². The molecule has 0 atom stereocenters. The van der Waals surface area contributed by atoms with Gasteiger partial charge in [-0.2, -0.15) is 0 Å². The summed E-state index contributed by atoms with van der Waals surface area (Å²) < 4.78 is 41.5. The fraction of sp³-hybridized carbons (Fsp3) is 0. The van der Waals surface area contributed by atoms with Gasteiger partial charge in [0.15, 0.2) is 0 Å². The van der Waals surface area contributed by atoms with Gasteiger partial charge in [-0.05, 0) is 24.2 Å². The number of hydrogen-bond acceptors (Lipinski definition) is 2. The molecule has 0 radical (unpaired) electrons. The molecule has 4 heteroatoms. The lowest BCUT2D eigenvalue weighted by Gasteiger charge is -1.93. The van der Waals surface area contributed by atoms with Crippen molar-refractivity contribution in [2.24, 2.45) is 0 Å². The van der Waals surface area contributed by atoms with Crippen molar-refractivity contribution >= 4 is 11.8 Å². The second-order valence-corrected chi connectivity index (χ2v) is 1.82. The Bertz CT molecular complexity index is 472. The van der Waals surface area contributed by atoms with Crippen LogP contribution in [0.25, 0.3) is 0 Å². The highest BCUT2D eigenvalue weighted by Crippen LogP contribution is 2.03. The molecule has 3 nitrogen and oxygen atoms in total. The molecule has 0 saturated heterocycles. The average molecular weight is 173 g/mol. The van der Waals surface area contributed by atoms with Gasteiger partial charge < -0.3 is 5.11 Å². The Morgan fingerprint density at radius 2 is 1.83 bits per heavy atom. The standard InChI is InChI=1S/C8H5FO3/c9-6-3-1-5(2-4-6)7(10)8(11)12/h1-4H,(H,11,12)/i1D,2D,3D,4D,7+1. The number of carbonyl (C=O) groups is 2. The number of ketones is 1. The summed E-state index contributed by atoms with van der Waals surface area (Å²) >= 11 is 0. The molecule has 1 N–H and O–H groups in total. The minimum atomic E-state index is -1.92. The van der Waals surface area contributed by atoms with Gasteiger partial charge in [0, 0.05) is 5.56 Å². The first kappa shape index (κ1) is 4.35. The van der Waals surface area contributed by atoms with E-state index in [4.69, 9.17) is 10.6 Å². The maximum absolute atomic E-state index is 13.0. The first-order chi connectivity index (χ1) is 7.29. The first-order valence-corrected chi connectivity index (χ1v) is 2.82. The molecule has 0 saturated carbocycles. The van der Waals surface area contributed by atoms with Crippen LogP contribution in [-0.4, -0.2) is 16.9 Å².